The van der Waals surface area contributed by atoms with Crippen molar-refractivity contribution in [2.45, 2.75) is 59.9 Å². The molecule has 0 radical (unpaired) electrons. The van der Waals surface area contributed by atoms with Gasteiger partial charge in [-0.1, -0.05) is 13.3 Å². The van der Waals surface area contributed by atoms with Crippen LogP contribution in [0.4, 0.5) is 0 Å². The van der Waals surface area contributed by atoms with Crippen LogP contribution in [0.25, 0.3) is 0 Å². The summed E-state index contributed by atoms with van der Waals surface area (Å²) in [7, 11) is -2.46. The van der Waals surface area contributed by atoms with Crippen molar-refractivity contribution in [2.24, 2.45) is 4.99 Å². The van der Waals surface area contributed by atoms with Crippen LogP contribution in [0.2, 0.25) is 6.04 Å². The Morgan fingerprint density at radius 1 is 0.947 bits per heavy atom. The Balaban J connectivity index is 4.27. The highest BCUT2D eigenvalue weighted by Crippen LogP contribution is 2.18. The molecular formula is C14H31NO3Si. The maximum absolute atomic E-state index is 5.81. The largest absolute Gasteiger partial charge is 0.500 e. The van der Waals surface area contributed by atoms with Crippen molar-refractivity contribution in [1.82, 2.24) is 0 Å². The lowest BCUT2D eigenvalue weighted by atomic mass is 10.2. The monoisotopic (exact) mass is 289 g/mol. The fourth-order valence-corrected chi connectivity index (χ4v) is 4.60. The molecule has 0 aromatic heterocycles. The highest BCUT2D eigenvalue weighted by molar-refractivity contribution is 6.60. The maximum Gasteiger partial charge on any atom is 0.500 e. The molecule has 0 bridgehead atoms. The van der Waals surface area contributed by atoms with E-state index in [0.29, 0.717) is 19.8 Å². The lowest BCUT2D eigenvalue weighted by molar-refractivity contribution is 0.0710. The summed E-state index contributed by atoms with van der Waals surface area (Å²) < 4.78 is 17.4. The van der Waals surface area contributed by atoms with Crippen molar-refractivity contribution in [3.63, 3.8) is 0 Å². The molecule has 4 nitrogen and oxygen atoms in total. The van der Waals surface area contributed by atoms with Gasteiger partial charge in [-0.25, -0.2) is 0 Å². The van der Waals surface area contributed by atoms with Crippen LogP contribution in [0.3, 0.4) is 0 Å². The third kappa shape index (κ3) is 8.52. The van der Waals surface area contributed by atoms with Crippen molar-refractivity contribution < 1.29 is 13.3 Å². The topological polar surface area (TPSA) is 40.0 Å². The summed E-state index contributed by atoms with van der Waals surface area (Å²) in [6, 6.07) is 0.853. The molecule has 5 heteroatoms. The molecule has 19 heavy (non-hydrogen) atoms. The third-order valence-electron chi connectivity index (χ3n) is 2.73. The Morgan fingerprint density at radius 3 is 1.89 bits per heavy atom. The molecule has 0 N–H and O–H groups in total. The summed E-state index contributed by atoms with van der Waals surface area (Å²) in [5.41, 5.74) is 1.24. The van der Waals surface area contributed by atoms with Crippen molar-refractivity contribution >= 4 is 14.5 Å². The quantitative estimate of drug-likeness (QED) is 0.312. The molecule has 0 unspecified atom stereocenters. The number of nitrogens with zero attached hydrogens (tertiary/aromatic N) is 1. The fourth-order valence-electron chi connectivity index (χ4n) is 2.01. The minimum absolute atomic E-state index is 0.643. The second-order valence-corrected chi connectivity index (χ2v) is 7.18. The van der Waals surface area contributed by atoms with Crippen LogP contribution in [0.15, 0.2) is 4.99 Å². The molecule has 0 heterocycles. The van der Waals surface area contributed by atoms with E-state index in [1.807, 2.05) is 20.8 Å². The lowest BCUT2D eigenvalue weighted by Crippen LogP contribution is -2.46. The molecule has 0 aliphatic carbocycles. The van der Waals surface area contributed by atoms with Crippen LogP contribution < -0.4 is 0 Å². The van der Waals surface area contributed by atoms with Crippen LogP contribution in [0.1, 0.15) is 53.9 Å². The van der Waals surface area contributed by atoms with Gasteiger partial charge in [0.15, 0.2) is 0 Å². The highest BCUT2D eigenvalue weighted by atomic mass is 28.4. The summed E-state index contributed by atoms with van der Waals surface area (Å²) in [5.74, 6) is 0. The molecule has 0 rings (SSSR count). The molecule has 0 amide bonds. The van der Waals surface area contributed by atoms with Gasteiger partial charge in [0.1, 0.15) is 0 Å². The second kappa shape index (κ2) is 11.6. The van der Waals surface area contributed by atoms with Crippen LogP contribution >= 0.6 is 0 Å². The molecule has 0 aromatic carbocycles. The van der Waals surface area contributed by atoms with Gasteiger partial charge >= 0.3 is 8.80 Å². The predicted octanol–water partition coefficient (Wildman–Crippen LogP) is 3.69. The number of aliphatic imine (C=N–C) groups is 1. The van der Waals surface area contributed by atoms with E-state index in [2.05, 4.69) is 18.8 Å². The molecular weight excluding hydrogens is 258 g/mol. The number of hydrogen-bond donors (Lipinski definition) is 0. The average molecular weight is 289 g/mol. The van der Waals surface area contributed by atoms with Crippen LogP contribution in [0, 0.1) is 0 Å². The normalized spacial score (nSPS) is 13.0. The van der Waals surface area contributed by atoms with E-state index >= 15 is 0 Å². The lowest BCUT2D eigenvalue weighted by Gasteiger charge is -2.28. The summed E-state index contributed by atoms with van der Waals surface area (Å²) in [6.07, 6.45) is 3.21. The van der Waals surface area contributed by atoms with Gasteiger partial charge in [0.05, 0.1) is 0 Å². The van der Waals surface area contributed by atoms with E-state index in [-0.39, 0.29) is 0 Å². The van der Waals surface area contributed by atoms with Gasteiger partial charge < -0.3 is 13.3 Å². The molecule has 114 valence electrons. The van der Waals surface area contributed by atoms with Gasteiger partial charge in [-0.15, -0.1) is 0 Å². The molecule has 0 aliphatic heterocycles. The Bertz CT molecular complexity index is 230. The highest BCUT2D eigenvalue weighted by Gasteiger charge is 2.39. The molecule has 0 saturated heterocycles. The molecule has 0 fully saturated rings. The van der Waals surface area contributed by atoms with E-state index in [1.54, 1.807) is 0 Å². The van der Waals surface area contributed by atoms with E-state index in [1.165, 1.54) is 5.71 Å². The molecule has 0 aromatic rings. The minimum Gasteiger partial charge on any atom is -0.374 e. The summed E-state index contributed by atoms with van der Waals surface area (Å²) in [4.78, 5) is 4.57. The standard InChI is InChI=1S/C14H31NO3Si/c1-6-11-14(5)15-12-10-13-19(16-7-2,17-8-3)18-9-4/h6-13H2,1-5H3/b15-14+. The first-order chi connectivity index (χ1) is 9.14. The van der Waals surface area contributed by atoms with E-state index in [4.69, 9.17) is 13.3 Å². The van der Waals surface area contributed by atoms with Gasteiger partial charge in [-0.3, -0.25) is 4.99 Å². The average Bonchev–Trinajstić information content (AvgIpc) is 2.36. The first kappa shape index (κ1) is 18.8. The van der Waals surface area contributed by atoms with Gasteiger partial charge in [-0.05, 0) is 40.5 Å². The van der Waals surface area contributed by atoms with Crippen molar-refractivity contribution in [1.29, 1.82) is 0 Å². The molecule has 0 aliphatic rings. The van der Waals surface area contributed by atoms with Crippen molar-refractivity contribution in [2.75, 3.05) is 26.4 Å². The maximum atomic E-state index is 5.81. The molecule has 0 atom stereocenters. The van der Waals surface area contributed by atoms with Gasteiger partial charge in [-0.2, -0.15) is 0 Å². The number of hydrogen-bond acceptors (Lipinski definition) is 4. The summed E-state index contributed by atoms with van der Waals surface area (Å²) in [6.45, 7) is 13.0. The first-order valence-corrected chi connectivity index (χ1v) is 9.49. The molecule has 0 spiro atoms. The second-order valence-electron chi connectivity index (χ2n) is 4.45. The Morgan fingerprint density at radius 2 is 1.47 bits per heavy atom. The van der Waals surface area contributed by atoms with Crippen LogP contribution in [-0.4, -0.2) is 40.9 Å². The predicted molar refractivity (Wildman–Crippen MR) is 82.9 cm³/mol. The Kier molecular flexibility index (Phi) is 11.4. The minimum atomic E-state index is -2.46. The van der Waals surface area contributed by atoms with Gasteiger partial charge in [0, 0.05) is 38.1 Å². The van der Waals surface area contributed by atoms with E-state index < -0.39 is 8.80 Å². The smallest absolute Gasteiger partial charge is 0.374 e. The zero-order chi connectivity index (χ0) is 14.6. The Hall–Kier alpha value is -0.233. The zero-order valence-electron chi connectivity index (χ0n) is 13.3. The first-order valence-electron chi connectivity index (χ1n) is 7.55. The van der Waals surface area contributed by atoms with Gasteiger partial charge in [0.2, 0.25) is 0 Å². The van der Waals surface area contributed by atoms with Crippen molar-refractivity contribution in [3.8, 4) is 0 Å². The zero-order valence-corrected chi connectivity index (χ0v) is 14.3. The summed E-state index contributed by atoms with van der Waals surface area (Å²) >= 11 is 0. The van der Waals surface area contributed by atoms with Crippen LogP contribution in [0.5, 0.6) is 0 Å². The number of rotatable bonds is 12. The van der Waals surface area contributed by atoms with Crippen LogP contribution in [-0.2, 0) is 13.3 Å². The molecule has 0 saturated carbocycles. The van der Waals surface area contributed by atoms with Gasteiger partial charge in [0.25, 0.3) is 0 Å². The van der Waals surface area contributed by atoms with E-state index in [0.717, 1.165) is 31.9 Å². The fraction of sp³-hybridized carbons (Fsp3) is 0.929. The Labute approximate surface area is 119 Å². The summed E-state index contributed by atoms with van der Waals surface area (Å²) in [5, 5.41) is 0. The third-order valence-corrected chi connectivity index (χ3v) is 5.88. The van der Waals surface area contributed by atoms with Crippen molar-refractivity contribution in [3.05, 3.63) is 0 Å². The SMILES string of the molecule is CCC/C(C)=N/CCC[Si](OCC)(OCC)OCC. The van der Waals surface area contributed by atoms with E-state index in [9.17, 15) is 0 Å².